The van der Waals surface area contributed by atoms with Crippen LogP contribution in [0, 0.1) is 0 Å². The molecule has 9 nitrogen and oxygen atoms in total. The molecule has 2 N–H and O–H groups in total. The van der Waals surface area contributed by atoms with E-state index in [1.165, 1.54) is 0 Å². The minimum atomic E-state index is 0. The number of anilines is 1. The number of guanidine groups is 1. The van der Waals surface area contributed by atoms with E-state index in [0.717, 1.165) is 70.7 Å². The largest absolute Gasteiger partial charge is 0.382 e. The lowest BCUT2D eigenvalue weighted by Gasteiger charge is -2.34. The van der Waals surface area contributed by atoms with Gasteiger partial charge in [0.05, 0.1) is 13.2 Å². The molecule has 0 spiro atoms. The molecule has 1 fully saturated rings. The van der Waals surface area contributed by atoms with Crippen LogP contribution in [0.25, 0.3) is 0 Å². The number of rotatable bonds is 11. The lowest BCUT2D eigenvalue weighted by molar-refractivity contribution is 0.0698. The summed E-state index contributed by atoms with van der Waals surface area (Å²) in [6.07, 6.45) is 4.53. The third-order valence-corrected chi connectivity index (χ3v) is 4.34. The van der Waals surface area contributed by atoms with Gasteiger partial charge in [-0.05, 0) is 12.5 Å². The zero-order valence-electron chi connectivity index (χ0n) is 17.0. The van der Waals surface area contributed by atoms with Crippen molar-refractivity contribution in [3.63, 3.8) is 0 Å². The highest BCUT2D eigenvalue weighted by atomic mass is 127. The smallest absolute Gasteiger partial charge is 0.225 e. The van der Waals surface area contributed by atoms with Gasteiger partial charge in [0.2, 0.25) is 5.95 Å². The van der Waals surface area contributed by atoms with Crippen molar-refractivity contribution in [1.29, 1.82) is 0 Å². The van der Waals surface area contributed by atoms with Gasteiger partial charge in [0.15, 0.2) is 5.96 Å². The number of piperazine rings is 1. The van der Waals surface area contributed by atoms with Crippen molar-refractivity contribution >= 4 is 35.9 Å². The summed E-state index contributed by atoms with van der Waals surface area (Å²) < 4.78 is 10.4. The fourth-order valence-corrected chi connectivity index (χ4v) is 2.80. The first-order chi connectivity index (χ1) is 13.3. The van der Waals surface area contributed by atoms with E-state index in [0.29, 0.717) is 13.2 Å². The van der Waals surface area contributed by atoms with Crippen molar-refractivity contribution in [2.24, 2.45) is 4.99 Å². The average molecular weight is 507 g/mol. The molecule has 1 aromatic rings. The Balaban J connectivity index is 0.00000392. The van der Waals surface area contributed by atoms with Crippen LogP contribution in [0.3, 0.4) is 0 Å². The van der Waals surface area contributed by atoms with Gasteiger partial charge in [0.25, 0.3) is 0 Å². The third kappa shape index (κ3) is 9.80. The van der Waals surface area contributed by atoms with Crippen LogP contribution in [0.4, 0.5) is 5.95 Å². The fraction of sp³-hybridized carbons (Fsp3) is 0.722. The fourth-order valence-electron chi connectivity index (χ4n) is 2.80. The Morgan fingerprint density at radius 3 is 2.46 bits per heavy atom. The molecular weight excluding hydrogens is 473 g/mol. The Kier molecular flexibility index (Phi) is 13.9. The third-order valence-electron chi connectivity index (χ3n) is 4.34. The first-order valence-corrected chi connectivity index (χ1v) is 9.59. The highest BCUT2D eigenvalue weighted by molar-refractivity contribution is 14.0. The molecule has 1 saturated heterocycles. The zero-order valence-corrected chi connectivity index (χ0v) is 19.3. The van der Waals surface area contributed by atoms with E-state index in [1.807, 2.05) is 6.07 Å². The SMILES string of the molecule is CN=C(NCCCOCCOC)NCCN1CCN(c2ncccn2)CC1.I. The minimum absolute atomic E-state index is 0. The second-order valence-corrected chi connectivity index (χ2v) is 6.26. The number of aliphatic imine (C=N–C) groups is 1. The van der Waals surface area contributed by atoms with Gasteiger partial charge in [0, 0.05) is 79.0 Å². The summed E-state index contributed by atoms with van der Waals surface area (Å²) in [4.78, 5) is 17.6. The molecule has 0 aromatic carbocycles. The Hall–Kier alpha value is -1.24. The van der Waals surface area contributed by atoms with Crippen LogP contribution in [0.1, 0.15) is 6.42 Å². The number of hydrogen-bond donors (Lipinski definition) is 2. The van der Waals surface area contributed by atoms with Crippen molar-refractivity contribution < 1.29 is 9.47 Å². The Labute approximate surface area is 185 Å². The van der Waals surface area contributed by atoms with E-state index in [9.17, 15) is 0 Å². The summed E-state index contributed by atoms with van der Waals surface area (Å²) in [5.74, 6) is 1.66. The Morgan fingerprint density at radius 2 is 1.79 bits per heavy atom. The molecule has 160 valence electrons. The summed E-state index contributed by atoms with van der Waals surface area (Å²) >= 11 is 0. The molecule has 0 amide bonds. The molecule has 2 rings (SSSR count). The number of halogens is 1. The van der Waals surface area contributed by atoms with Gasteiger partial charge < -0.3 is 25.0 Å². The first kappa shape index (κ1) is 24.8. The van der Waals surface area contributed by atoms with E-state index < -0.39 is 0 Å². The molecule has 0 radical (unpaired) electrons. The van der Waals surface area contributed by atoms with Crippen molar-refractivity contribution in [1.82, 2.24) is 25.5 Å². The van der Waals surface area contributed by atoms with Gasteiger partial charge in [-0.2, -0.15) is 0 Å². The standard InChI is InChI=1S/C18H33N7O2.HI/c1-19-17(20-7-4-14-27-16-15-26-2)21-8-9-24-10-12-25(13-11-24)18-22-5-3-6-23-18;/h3,5-6H,4,7-16H2,1-2H3,(H2,19,20,21);1H. The van der Waals surface area contributed by atoms with Crippen LogP contribution >= 0.6 is 24.0 Å². The molecule has 0 aliphatic carbocycles. The van der Waals surface area contributed by atoms with Gasteiger partial charge in [-0.1, -0.05) is 0 Å². The van der Waals surface area contributed by atoms with Crippen LogP contribution in [0.5, 0.6) is 0 Å². The Morgan fingerprint density at radius 1 is 1.07 bits per heavy atom. The summed E-state index contributed by atoms with van der Waals surface area (Å²) in [5, 5.41) is 6.68. The second-order valence-electron chi connectivity index (χ2n) is 6.26. The van der Waals surface area contributed by atoms with E-state index in [2.05, 4.69) is 35.4 Å². The number of ether oxygens (including phenoxy) is 2. The highest BCUT2D eigenvalue weighted by Crippen LogP contribution is 2.08. The summed E-state index contributed by atoms with van der Waals surface area (Å²) in [7, 11) is 3.47. The second kappa shape index (κ2) is 15.7. The number of aromatic nitrogens is 2. The van der Waals surface area contributed by atoms with Crippen molar-refractivity contribution in [2.75, 3.05) is 84.7 Å². The predicted octanol–water partition coefficient (Wildman–Crippen LogP) is 0.435. The molecule has 0 unspecified atom stereocenters. The van der Waals surface area contributed by atoms with E-state index in [4.69, 9.17) is 9.47 Å². The molecule has 2 heterocycles. The summed E-state index contributed by atoms with van der Waals surface area (Å²) in [5.41, 5.74) is 0. The van der Waals surface area contributed by atoms with Crippen LogP contribution in [-0.4, -0.2) is 101 Å². The lowest BCUT2D eigenvalue weighted by Crippen LogP contribution is -2.49. The van der Waals surface area contributed by atoms with Crippen LogP contribution in [-0.2, 0) is 9.47 Å². The average Bonchev–Trinajstić information content (AvgIpc) is 2.73. The van der Waals surface area contributed by atoms with Crippen molar-refractivity contribution in [3.05, 3.63) is 18.5 Å². The Bertz CT molecular complexity index is 528. The monoisotopic (exact) mass is 507 g/mol. The predicted molar refractivity (Wildman–Crippen MR) is 123 cm³/mol. The maximum Gasteiger partial charge on any atom is 0.225 e. The van der Waals surface area contributed by atoms with Gasteiger partial charge in [0.1, 0.15) is 0 Å². The number of hydrogen-bond acceptors (Lipinski definition) is 7. The lowest BCUT2D eigenvalue weighted by atomic mass is 10.3. The quantitative estimate of drug-likeness (QED) is 0.193. The molecule has 0 saturated carbocycles. The van der Waals surface area contributed by atoms with Gasteiger partial charge in [-0.15, -0.1) is 24.0 Å². The molecule has 1 aromatic heterocycles. The number of nitrogens with one attached hydrogen (secondary N) is 2. The summed E-state index contributed by atoms with van der Waals surface area (Å²) in [6.45, 7) is 8.66. The van der Waals surface area contributed by atoms with Gasteiger partial charge in [-0.25, -0.2) is 9.97 Å². The van der Waals surface area contributed by atoms with Crippen LogP contribution < -0.4 is 15.5 Å². The molecule has 10 heteroatoms. The molecule has 1 aliphatic heterocycles. The molecule has 0 bridgehead atoms. The molecule has 0 atom stereocenters. The number of methoxy groups -OCH3 is 1. The zero-order chi connectivity index (χ0) is 19.2. The first-order valence-electron chi connectivity index (χ1n) is 9.59. The minimum Gasteiger partial charge on any atom is -0.382 e. The van der Waals surface area contributed by atoms with Crippen LogP contribution in [0.2, 0.25) is 0 Å². The summed E-state index contributed by atoms with van der Waals surface area (Å²) in [6, 6.07) is 1.85. The van der Waals surface area contributed by atoms with Crippen molar-refractivity contribution in [2.45, 2.75) is 6.42 Å². The van der Waals surface area contributed by atoms with Gasteiger partial charge in [-0.3, -0.25) is 9.89 Å². The molecule has 28 heavy (non-hydrogen) atoms. The van der Waals surface area contributed by atoms with Gasteiger partial charge >= 0.3 is 0 Å². The maximum absolute atomic E-state index is 5.45. The highest BCUT2D eigenvalue weighted by Gasteiger charge is 2.18. The van der Waals surface area contributed by atoms with Crippen molar-refractivity contribution in [3.8, 4) is 0 Å². The maximum atomic E-state index is 5.45. The molecular formula is C18H34IN7O2. The molecule has 1 aliphatic rings. The van der Waals surface area contributed by atoms with E-state index >= 15 is 0 Å². The topological polar surface area (TPSA) is 87.1 Å². The van der Waals surface area contributed by atoms with E-state index in [-0.39, 0.29) is 24.0 Å². The van der Waals surface area contributed by atoms with Crippen LogP contribution in [0.15, 0.2) is 23.5 Å². The van der Waals surface area contributed by atoms with E-state index in [1.54, 1.807) is 26.6 Å². The number of nitrogens with zero attached hydrogens (tertiary/aromatic N) is 5. The normalized spacial score (nSPS) is 15.2.